The number of fused-ring (bicyclic) bond motifs is 1. The van der Waals surface area contributed by atoms with Crippen molar-refractivity contribution >= 4 is 21.6 Å². The number of nitrogens with one attached hydrogen (secondary N) is 1. The van der Waals surface area contributed by atoms with Gasteiger partial charge in [0.1, 0.15) is 0 Å². The highest BCUT2D eigenvalue weighted by molar-refractivity contribution is 9.10. The Morgan fingerprint density at radius 2 is 2.17 bits per heavy atom. The zero-order valence-corrected chi connectivity index (χ0v) is 12.8. The third-order valence-corrected chi connectivity index (χ3v) is 5.47. The average molecular weight is 310 g/mol. The molecule has 0 aromatic heterocycles. The van der Waals surface area contributed by atoms with Crippen LogP contribution in [0.4, 0.5) is 5.69 Å². The highest BCUT2D eigenvalue weighted by Crippen LogP contribution is 2.53. The highest BCUT2D eigenvalue weighted by atomic mass is 79.9. The molecule has 0 amide bonds. The van der Waals surface area contributed by atoms with Crippen LogP contribution >= 0.6 is 15.9 Å². The molecule has 1 saturated heterocycles. The SMILES string of the molecule is Cc1cc(NC2C3CCOC3C2(C)C)ccc1Br. The van der Waals surface area contributed by atoms with Crippen LogP contribution in [0.3, 0.4) is 0 Å². The Morgan fingerprint density at radius 1 is 1.39 bits per heavy atom. The van der Waals surface area contributed by atoms with E-state index in [0.29, 0.717) is 18.1 Å². The third kappa shape index (κ3) is 1.79. The van der Waals surface area contributed by atoms with E-state index in [0.717, 1.165) is 6.61 Å². The summed E-state index contributed by atoms with van der Waals surface area (Å²) in [5, 5.41) is 3.71. The lowest BCUT2D eigenvalue weighted by Crippen LogP contribution is -2.63. The van der Waals surface area contributed by atoms with E-state index in [9.17, 15) is 0 Å². The lowest BCUT2D eigenvalue weighted by atomic mass is 9.57. The van der Waals surface area contributed by atoms with E-state index >= 15 is 0 Å². The fourth-order valence-corrected chi connectivity index (χ4v) is 3.78. The number of rotatable bonds is 2. The minimum atomic E-state index is 0.238. The maximum Gasteiger partial charge on any atom is 0.0694 e. The Balaban J connectivity index is 1.78. The summed E-state index contributed by atoms with van der Waals surface area (Å²) in [5.41, 5.74) is 2.73. The smallest absolute Gasteiger partial charge is 0.0694 e. The van der Waals surface area contributed by atoms with E-state index in [1.54, 1.807) is 0 Å². The summed E-state index contributed by atoms with van der Waals surface area (Å²) >= 11 is 3.55. The molecule has 3 unspecified atom stereocenters. The Labute approximate surface area is 117 Å². The van der Waals surface area contributed by atoms with Crippen molar-refractivity contribution in [3.05, 3.63) is 28.2 Å². The molecule has 2 nitrogen and oxygen atoms in total. The molecule has 3 heteroatoms. The fourth-order valence-electron chi connectivity index (χ4n) is 3.53. The van der Waals surface area contributed by atoms with Gasteiger partial charge in [0, 0.05) is 34.1 Å². The second-order valence-corrected chi connectivity index (χ2v) is 7.01. The van der Waals surface area contributed by atoms with Crippen LogP contribution in [0.2, 0.25) is 0 Å². The summed E-state index contributed by atoms with van der Waals surface area (Å²) < 4.78 is 7.00. The van der Waals surface area contributed by atoms with Crippen LogP contribution in [-0.2, 0) is 4.74 Å². The van der Waals surface area contributed by atoms with Crippen molar-refractivity contribution in [2.45, 2.75) is 39.3 Å². The molecule has 1 heterocycles. The predicted octanol–water partition coefficient (Wildman–Crippen LogP) is 3.98. The summed E-state index contributed by atoms with van der Waals surface area (Å²) in [6, 6.07) is 7.01. The van der Waals surface area contributed by atoms with Gasteiger partial charge in [-0.15, -0.1) is 0 Å². The first-order chi connectivity index (χ1) is 8.50. The summed E-state index contributed by atoms with van der Waals surface area (Å²) in [4.78, 5) is 0. The first kappa shape index (κ1) is 12.5. The first-order valence-corrected chi connectivity index (χ1v) is 7.44. The number of aryl methyl sites for hydroxylation is 1. The maximum absolute atomic E-state index is 5.83. The highest BCUT2D eigenvalue weighted by Gasteiger charge is 2.59. The Kier molecular flexibility index (Phi) is 2.94. The predicted molar refractivity (Wildman–Crippen MR) is 77.9 cm³/mol. The van der Waals surface area contributed by atoms with Gasteiger partial charge in [-0.1, -0.05) is 29.8 Å². The van der Waals surface area contributed by atoms with Gasteiger partial charge in [-0.2, -0.15) is 0 Å². The van der Waals surface area contributed by atoms with Crippen molar-refractivity contribution in [1.29, 1.82) is 0 Å². The molecule has 0 spiro atoms. The summed E-state index contributed by atoms with van der Waals surface area (Å²) in [6.45, 7) is 7.67. The molecular formula is C15H20BrNO. The number of benzene rings is 1. The Bertz CT molecular complexity index is 472. The topological polar surface area (TPSA) is 21.3 Å². The van der Waals surface area contributed by atoms with Gasteiger partial charge in [-0.05, 0) is 37.1 Å². The van der Waals surface area contributed by atoms with Crippen LogP contribution in [0.25, 0.3) is 0 Å². The molecule has 1 aliphatic carbocycles. The molecule has 0 radical (unpaired) electrons. The van der Waals surface area contributed by atoms with Gasteiger partial charge in [0.05, 0.1) is 6.10 Å². The molecule has 2 fully saturated rings. The molecule has 1 aromatic carbocycles. The normalized spacial score (nSPS) is 32.8. The molecular weight excluding hydrogens is 290 g/mol. The number of hydrogen-bond donors (Lipinski definition) is 1. The van der Waals surface area contributed by atoms with Crippen LogP contribution < -0.4 is 5.32 Å². The van der Waals surface area contributed by atoms with Crippen molar-refractivity contribution in [2.75, 3.05) is 11.9 Å². The molecule has 2 aliphatic rings. The number of hydrogen-bond acceptors (Lipinski definition) is 2. The van der Waals surface area contributed by atoms with Crippen molar-refractivity contribution in [3.63, 3.8) is 0 Å². The largest absolute Gasteiger partial charge is 0.381 e. The summed E-state index contributed by atoms with van der Waals surface area (Å²) in [7, 11) is 0. The number of ether oxygens (including phenoxy) is 1. The third-order valence-electron chi connectivity index (χ3n) is 4.58. The van der Waals surface area contributed by atoms with Crippen LogP contribution in [0.15, 0.2) is 22.7 Å². The van der Waals surface area contributed by atoms with E-state index in [-0.39, 0.29) is 5.41 Å². The van der Waals surface area contributed by atoms with E-state index in [2.05, 4.69) is 60.2 Å². The van der Waals surface area contributed by atoms with E-state index in [1.807, 2.05) is 0 Å². The number of anilines is 1. The summed E-state index contributed by atoms with van der Waals surface area (Å²) in [6.07, 6.45) is 1.65. The van der Waals surface area contributed by atoms with Gasteiger partial charge >= 0.3 is 0 Å². The lowest BCUT2D eigenvalue weighted by molar-refractivity contribution is -0.0923. The van der Waals surface area contributed by atoms with Crippen molar-refractivity contribution in [3.8, 4) is 0 Å². The van der Waals surface area contributed by atoms with Gasteiger partial charge in [0.2, 0.25) is 0 Å². The molecule has 3 rings (SSSR count). The molecule has 1 N–H and O–H groups in total. The van der Waals surface area contributed by atoms with Crippen LogP contribution in [-0.4, -0.2) is 18.8 Å². The molecule has 1 saturated carbocycles. The van der Waals surface area contributed by atoms with Crippen molar-refractivity contribution in [1.82, 2.24) is 0 Å². The van der Waals surface area contributed by atoms with Gasteiger partial charge in [0.15, 0.2) is 0 Å². The van der Waals surface area contributed by atoms with Gasteiger partial charge < -0.3 is 10.1 Å². The van der Waals surface area contributed by atoms with E-state index in [4.69, 9.17) is 4.74 Å². The molecule has 1 aliphatic heterocycles. The van der Waals surface area contributed by atoms with Gasteiger partial charge in [-0.3, -0.25) is 0 Å². The fraction of sp³-hybridized carbons (Fsp3) is 0.600. The zero-order chi connectivity index (χ0) is 12.9. The quantitative estimate of drug-likeness (QED) is 0.892. The minimum absolute atomic E-state index is 0.238. The van der Waals surface area contributed by atoms with Crippen LogP contribution in [0, 0.1) is 18.3 Å². The second-order valence-electron chi connectivity index (χ2n) is 6.15. The standard InChI is InChI=1S/C15H20BrNO/c1-9-8-10(4-5-12(9)16)17-13-11-6-7-18-14(11)15(13,2)3/h4-5,8,11,13-14,17H,6-7H2,1-3H3. The van der Waals surface area contributed by atoms with Crippen molar-refractivity contribution in [2.24, 2.45) is 11.3 Å². The van der Waals surface area contributed by atoms with Crippen LogP contribution in [0.1, 0.15) is 25.8 Å². The van der Waals surface area contributed by atoms with E-state index < -0.39 is 0 Å². The summed E-state index contributed by atoms with van der Waals surface area (Å²) in [5.74, 6) is 0.684. The Hall–Kier alpha value is -0.540. The Morgan fingerprint density at radius 3 is 2.89 bits per heavy atom. The number of halogens is 1. The first-order valence-electron chi connectivity index (χ1n) is 6.64. The van der Waals surface area contributed by atoms with Gasteiger partial charge in [0.25, 0.3) is 0 Å². The average Bonchev–Trinajstić information content (AvgIpc) is 2.77. The molecule has 0 bridgehead atoms. The lowest BCUT2D eigenvalue weighted by Gasteiger charge is -2.55. The zero-order valence-electron chi connectivity index (χ0n) is 11.2. The molecule has 18 heavy (non-hydrogen) atoms. The maximum atomic E-state index is 5.83. The van der Waals surface area contributed by atoms with Crippen LogP contribution in [0.5, 0.6) is 0 Å². The molecule has 98 valence electrons. The van der Waals surface area contributed by atoms with E-state index in [1.165, 1.54) is 22.1 Å². The monoisotopic (exact) mass is 309 g/mol. The van der Waals surface area contributed by atoms with Crippen molar-refractivity contribution < 1.29 is 4.74 Å². The molecule has 1 aromatic rings. The molecule has 3 atom stereocenters. The minimum Gasteiger partial charge on any atom is -0.381 e. The van der Waals surface area contributed by atoms with Gasteiger partial charge in [-0.25, -0.2) is 0 Å². The second kappa shape index (κ2) is 4.24.